The van der Waals surface area contributed by atoms with E-state index in [1.807, 2.05) is 0 Å². The van der Waals surface area contributed by atoms with Crippen LogP contribution in [0.1, 0.15) is 25.7 Å². The zero-order valence-corrected chi connectivity index (χ0v) is 8.72. The van der Waals surface area contributed by atoms with Gasteiger partial charge in [0.1, 0.15) is 0 Å². The quantitative estimate of drug-likeness (QED) is 0.493. The number of urea groups is 1. The van der Waals surface area contributed by atoms with E-state index in [1.165, 1.54) is 0 Å². The Morgan fingerprint density at radius 1 is 1.56 bits per heavy atom. The first kappa shape index (κ1) is 12.4. The molecule has 1 rings (SSSR count). The molecule has 1 aliphatic rings. The van der Waals surface area contributed by atoms with Crippen molar-refractivity contribution in [2.45, 2.75) is 31.8 Å². The van der Waals surface area contributed by atoms with Crippen LogP contribution < -0.4 is 11.2 Å². The van der Waals surface area contributed by atoms with E-state index in [0.29, 0.717) is 25.0 Å². The highest BCUT2D eigenvalue weighted by atomic mass is 16.4. The molecule has 1 aliphatic carbocycles. The van der Waals surface area contributed by atoms with Crippen LogP contribution in [0.3, 0.4) is 0 Å². The second-order valence-electron chi connectivity index (χ2n) is 3.80. The van der Waals surface area contributed by atoms with Gasteiger partial charge in [0.2, 0.25) is 0 Å². The number of aliphatic carboxylic acids is 1. The maximum Gasteiger partial charge on any atom is 0.332 e. The highest BCUT2D eigenvalue weighted by Gasteiger charge is 2.28. The van der Waals surface area contributed by atoms with E-state index >= 15 is 0 Å². The van der Waals surface area contributed by atoms with Crippen LogP contribution in [0, 0.1) is 5.92 Å². The molecule has 0 heterocycles. The molecule has 0 radical (unpaired) electrons. The number of nitrogens with two attached hydrogens (primary N) is 1. The van der Waals surface area contributed by atoms with Crippen molar-refractivity contribution in [1.82, 2.24) is 5.43 Å². The van der Waals surface area contributed by atoms with Crippen molar-refractivity contribution >= 4 is 17.7 Å². The number of aliphatic hydroxyl groups is 1. The second-order valence-corrected chi connectivity index (χ2v) is 3.80. The Kier molecular flexibility index (Phi) is 4.24. The SMILES string of the molecule is NC(=O)N/N=C1\CC[C@@H](O)C[C@@H]1CC(=O)O. The lowest BCUT2D eigenvalue weighted by Gasteiger charge is -2.26. The number of nitrogens with zero attached hydrogens (tertiary/aromatic N) is 1. The number of carboxylic acid groups (broad SMARTS) is 1. The summed E-state index contributed by atoms with van der Waals surface area (Å²) in [6, 6.07) is -0.785. The molecule has 1 fully saturated rings. The minimum atomic E-state index is -0.953. The summed E-state index contributed by atoms with van der Waals surface area (Å²) in [5.74, 6) is -1.29. The first-order valence-electron chi connectivity index (χ1n) is 5.00. The molecule has 2 amide bonds. The van der Waals surface area contributed by atoms with Gasteiger partial charge in [-0.3, -0.25) is 4.79 Å². The number of hydrogen-bond donors (Lipinski definition) is 4. The van der Waals surface area contributed by atoms with Crippen LogP contribution in [0.2, 0.25) is 0 Å². The molecule has 90 valence electrons. The third kappa shape index (κ3) is 3.85. The van der Waals surface area contributed by atoms with Crippen LogP contribution in [-0.4, -0.2) is 34.0 Å². The van der Waals surface area contributed by atoms with Crippen molar-refractivity contribution in [2.24, 2.45) is 16.8 Å². The number of hydrogen-bond acceptors (Lipinski definition) is 4. The second kappa shape index (κ2) is 5.45. The van der Waals surface area contributed by atoms with Gasteiger partial charge in [0.05, 0.1) is 12.5 Å². The van der Waals surface area contributed by atoms with Crippen LogP contribution in [0.15, 0.2) is 5.10 Å². The molecule has 16 heavy (non-hydrogen) atoms. The minimum Gasteiger partial charge on any atom is -0.481 e. The molecule has 0 aliphatic heterocycles. The van der Waals surface area contributed by atoms with Crippen LogP contribution in [0.5, 0.6) is 0 Å². The number of primary amides is 1. The fraction of sp³-hybridized carbons (Fsp3) is 0.667. The zero-order valence-electron chi connectivity index (χ0n) is 8.72. The summed E-state index contributed by atoms with van der Waals surface area (Å²) in [6.07, 6.45) is 0.744. The molecule has 0 bridgehead atoms. The molecule has 0 saturated heterocycles. The summed E-state index contributed by atoms with van der Waals surface area (Å²) >= 11 is 0. The summed E-state index contributed by atoms with van der Waals surface area (Å²) in [7, 11) is 0. The van der Waals surface area contributed by atoms with Gasteiger partial charge in [-0.05, 0) is 19.3 Å². The first-order chi connectivity index (χ1) is 7.49. The lowest BCUT2D eigenvalue weighted by molar-refractivity contribution is -0.137. The van der Waals surface area contributed by atoms with Gasteiger partial charge in [0.25, 0.3) is 0 Å². The zero-order chi connectivity index (χ0) is 12.1. The number of rotatable bonds is 3. The molecule has 1 saturated carbocycles. The Hall–Kier alpha value is -1.63. The molecule has 2 atom stereocenters. The van der Waals surface area contributed by atoms with Crippen LogP contribution in [-0.2, 0) is 4.79 Å². The van der Waals surface area contributed by atoms with Crippen molar-refractivity contribution in [3.05, 3.63) is 0 Å². The van der Waals surface area contributed by atoms with E-state index in [-0.39, 0.29) is 12.3 Å². The van der Waals surface area contributed by atoms with Crippen molar-refractivity contribution in [3.8, 4) is 0 Å². The number of hydrazone groups is 1. The first-order valence-corrected chi connectivity index (χ1v) is 5.00. The van der Waals surface area contributed by atoms with Gasteiger partial charge in [-0.25, -0.2) is 10.2 Å². The molecular formula is C9H15N3O4. The average molecular weight is 229 g/mol. The number of carbonyl (C=O) groups is 2. The highest BCUT2D eigenvalue weighted by molar-refractivity contribution is 5.91. The lowest BCUT2D eigenvalue weighted by Crippen LogP contribution is -2.33. The number of carboxylic acids is 1. The predicted molar refractivity (Wildman–Crippen MR) is 55.8 cm³/mol. The van der Waals surface area contributed by atoms with E-state index < -0.39 is 18.1 Å². The van der Waals surface area contributed by atoms with Gasteiger partial charge < -0.3 is 15.9 Å². The van der Waals surface area contributed by atoms with Gasteiger partial charge in [-0.1, -0.05) is 0 Å². The predicted octanol–water partition coefficient (Wildman–Crippen LogP) is -0.354. The van der Waals surface area contributed by atoms with E-state index in [0.717, 1.165) is 0 Å². The van der Waals surface area contributed by atoms with Crippen LogP contribution in [0.4, 0.5) is 4.79 Å². The Morgan fingerprint density at radius 2 is 2.25 bits per heavy atom. The van der Waals surface area contributed by atoms with Gasteiger partial charge in [-0.2, -0.15) is 5.10 Å². The average Bonchev–Trinajstić information content (AvgIpc) is 2.15. The monoisotopic (exact) mass is 229 g/mol. The molecule has 7 nitrogen and oxygen atoms in total. The Bertz CT molecular complexity index is 316. The Labute approximate surface area is 92.3 Å². The minimum absolute atomic E-state index is 0.101. The largest absolute Gasteiger partial charge is 0.481 e. The van der Waals surface area contributed by atoms with Gasteiger partial charge >= 0.3 is 12.0 Å². The van der Waals surface area contributed by atoms with Crippen molar-refractivity contribution in [2.75, 3.05) is 0 Å². The lowest BCUT2D eigenvalue weighted by atomic mass is 9.83. The number of aliphatic hydroxyl groups excluding tert-OH is 1. The molecular weight excluding hydrogens is 214 g/mol. The van der Waals surface area contributed by atoms with Gasteiger partial charge in [-0.15, -0.1) is 0 Å². The summed E-state index contributed by atoms with van der Waals surface area (Å²) in [4.78, 5) is 21.1. The smallest absolute Gasteiger partial charge is 0.332 e. The number of nitrogens with one attached hydrogen (secondary N) is 1. The third-order valence-electron chi connectivity index (χ3n) is 2.49. The Balaban J connectivity index is 2.67. The van der Waals surface area contributed by atoms with Crippen LogP contribution >= 0.6 is 0 Å². The molecule has 7 heteroatoms. The van der Waals surface area contributed by atoms with E-state index in [2.05, 4.69) is 10.5 Å². The Morgan fingerprint density at radius 3 is 2.81 bits per heavy atom. The topological polar surface area (TPSA) is 125 Å². The summed E-state index contributed by atoms with van der Waals surface area (Å²) < 4.78 is 0. The normalized spacial score (nSPS) is 27.7. The summed E-state index contributed by atoms with van der Waals surface area (Å²) in [6.45, 7) is 0. The molecule has 5 N–H and O–H groups in total. The molecule has 0 aromatic rings. The van der Waals surface area contributed by atoms with Crippen molar-refractivity contribution in [3.63, 3.8) is 0 Å². The summed E-state index contributed by atoms with van der Waals surface area (Å²) in [5.41, 5.74) is 7.52. The van der Waals surface area contributed by atoms with Gasteiger partial charge in [0.15, 0.2) is 0 Å². The number of amides is 2. The standard InChI is InChI=1S/C9H15N3O4/c10-9(16)12-11-7-2-1-6(13)3-5(7)4-8(14)15/h5-6,13H,1-4H2,(H,14,15)(H3,10,12,16)/b11-7+/t5-,6-/m1/s1. The molecule has 0 unspecified atom stereocenters. The van der Waals surface area contributed by atoms with Crippen molar-refractivity contribution < 1.29 is 19.8 Å². The van der Waals surface area contributed by atoms with E-state index in [9.17, 15) is 14.7 Å². The number of carbonyl (C=O) groups excluding carboxylic acids is 1. The maximum atomic E-state index is 10.6. The fourth-order valence-corrected chi connectivity index (χ4v) is 1.79. The molecule has 0 aromatic carbocycles. The third-order valence-corrected chi connectivity index (χ3v) is 2.49. The van der Waals surface area contributed by atoms with Crippen molar-refractivity contribution in [1.29, 1.82) is 0 Å². The highest BCUT2D eigenvalue weighted by Crippen LogP contribution is 2.24. The fourth-order valence-electron chi connectivity index (χ4n) is 1.79. The summed E-state index contributed by atoms with van der Waals surface area (Å²) in [5, 5.41) is 21.9. The molecule has 0 spiro atoms. The maximum absolute atomic E-state index is 10.6. The van der Waals surface area contributed by atoms with E-state index in [4.69, 9.17) is 10.8 Å². The van der Waals surface area contributed by atoms with E-state index in [1.54, 1.807) is 0 Å². The molecule has 0 aromatic heterocycles. The van der Waals surface area contributed by atoms with Gasteiger partial charge in [0, 0.05) is 11.6 Å². The van der Waals surface area contributed by atoms with Crippen LogP contribution in [0.25, 0.3) is 0 Å².